The minimum Gasteiger partial charge on any atom is -0.289 e. The van der Waals surface area contributed by atoms with Gasteiger partial charge >= 0.3 is 0 Å². The maximum absolute atomic E-state index is 6.38. The fourth-order valence-corrected chi connectivity index (χ4v) is 0.138. The zero-order valence-corrected chi connectivity index (χ0v) is 8.41. The molecule has 70 valence electrons. The van der Waals surface area contributed by atoms with Gasteiger partial charge < -0.3 is 0 Å². The van der Waals surface area contributed by atoms with Crippen molar-refractivity contribution in [3.05, 3.63) is 12.7 Å². The molecular weight excluding hydrogens is 150 g/mol. The van der Waals surface area contributed by atoms with Gasteiger partial charge in [0.1, 0.15) is 12.7 Å². The summed E-state index contributed by atoms with van der Waals surface area (Å²) in [5.74, 6) is 0. The van der Waals surface area contributed by atoms with E-state index in [4.69, 9.17) is 5.41 Å². The van der Waals surface area contributed by atoms with Crippen LogP contribution in [-0.2, 0) is 0 Å². The van der Waals surface area contributed by atoms with E-state index < -0.39 is 0 Å². The summed E-state index contributed by atoms with van der Waals surface area (Å²) in [5, 5.41) is 6.38. The molecule has 0 aromatic rings. The topological polar surface area (TPSA) is 48.6 Å². The minimum absolute atomic E-state index is 0.938. The molecule has 0 amide bonds. The van der Waals surface area contributed by atoms with E-state index in [1.54, 1.807) is 19.2 Å². The predicted octanol–water partition coefficient (Wildman–Crippen LogP) is 2.93. The van der Waals surface area contributed by atoms with Gasteiger partial charge in [-0.1, -0.05) is 19.9 Å². The monoisotopic (exact) mass is 169 g/mol. The largest absolute Gasteiger partial charge is 0.289 e. The van der Waals surface area contributed by atoms with Gasteiger partial charge in [-0.3, -0.25) is 5.41 Å². The Kier molecular flexibility index (Phi) is 46.9. The van der Waals surface area contributed by atoms with Crippen molar-refractivity contribution < 1.29 is 0 Å². The first-order valence-electron chi connectivity index (χ1n) is 3.88. The summed E-state index contributed by atoms with van der Waals surface area (Å²) in [4.78, 5) is 6.97. The molecule has 0 heterocycles. The van der Waals surface area contributed by atoms with Crippen LogP contribution in [0.5, 0.6) is 0 Å². The van der Waals surface area contributed by atoms with E-state index in [0.717, 1.165) is 6.34 Å². The minimum atomic E-state index is 0.938. The van der Waals surface area contributed by atoms with Gasteiger partial charge in [0.2, 0.25) is 0 Å². The summed E-state index contributed by atoms with van der Waals surface area (Å²) < 4.78 is 0. The molecule has 1 N–H and O–H groups in total. The summed E-state index contributed by atoms with van der Waals surface area (Å²) in [6.07, 6.45) is 5.60. The molecule has 0 aromatic heterocycles. The smallest absolute Gasteiger partial charge is 0.116 e. The molecule has 0 aliphatic heterocycles. The number of nitrogens with one attached hydrogen (secondary N) is 1. The summed E-state index contributed by atoms with van der Waals surface area (Å²) in [5.41, 5.74) is 0. The third kappa shape index (κ3) is 69.5. The van der Waals surface area contributed by atoms with Crippen LogP contribution in [0.25, 0.3) is 0 Å². The van der Waals surface area contributed by atoms with Crippen LogP contribution >= 0.6 is 0 Å². The van der Waals surface area contributed by atoms with Crippen LogP contribution in [-0.4, -0.2) is 18.9 Å². The van der Waals surface area contributed by atoms with Crippen molar-refractivity contribution in [2.24, 2.45) is 9.98 Å². The zero-order chi connectivity index (χ0) is 10.2. The molecule has 0 aliphatic rings. The van der Waals surface area contributed by atoms with Crippen LogP contribution in [0.2, 0.25) is 0 Å². The van der Waals surface area contributed by atoms with Crippen molar-refractivity contribution >= 4 is 18.9 Å². The maximum atomic E-state index is 6.38. The molecule has 3 nitrogen and oxygen atoms in total. The van der Waals surface area contributed by atoms with Crippen LogP contribution in [0.3, 0.4) is 0 Å². The molecule has 0 fully saturated rings. The van der Waals surface area contributed by atoms with E-state index in [0.29, 0.717) is 0 Å². The van der Waals surface area contributed by atoms with Crippen molar-refractivity contribution in [3.63, 3.8) is 0 Å². The first-order valence-corrected chi connectivity index (χ1v) is 3.88. The Morgan fingerprint density at radius 2 is 1.58 bits per heavy atom. The molecule has 0 atom stereocenters. The molecule has 0 aromatic carbocycles. The third-order valence-corrected chi connectivity index (χ3v) is 0.357. The molecule has 0 aliphatic carbocycles. The second kappa shape index (κ2) is 33.1. The van der Waals surface area contributed by atoms with Gasteiger partial charge in [-0.2, -0.15) is 0 Å². The van der Waals surface area contributed by atoms with Gasteiger partial charge in [0, 0.05) is 6.21 Å². The van der Waals surface area contributed by atoms with Crippen LogP contribution in [0.1, 0.15) is 27.7 Å². The quantitative estimate of drug-likeness (QED) is 0.375. The van der Waals surface area contributed by atoms with E-state index in [2.05, 4.69) is 16.6 Å². The Hall–Kier alpha value is -1.25. The summed E-state index contributed by atoms with van der Waals surface area (Å²) in [7, 11) is 0. The first-order chi connectivity index (χ1) is 5.83. The molecule has 0 spiro atoms. The van der Waals surface area contributed by atoms with Crippen molar-refractivity contribution in [2.45, 2.75) is 27.7 Å². The lowest BCUT2D eigenvalue weighted by Crippen LogP contribution is -1.65. The average Bonchev–Trinajstić information content (AvgIpc) is 2.11. The fraction of sp³-hybridized carbons (Fsp3) is 0.444. The third-order valence-electron chi connectivity index (χ3n) is 0.357. The number of nitrogens with zero attached hydrogens (tertiary/aromatic N) is 2. The number of rotatable bonds is 2. The van der Waals surface area contributed by atoms with E-state index in [1.807, 2.05) is 20.8 Å². The summed E-state index contributed by atoms with van der Waals surface area (Å²) >= 11 is 0. The highest BCUT2D eigenvalue weighted by molar-refractivity contribution is 5.76. The van der Waals surface area contributed by atoms with E-state index in [1.165, 1.54) is 6.34 Å². The molecule has 0 unspecified atom stereocenters. The molecule has 0 bridgehead atoms. The number of hydrogen-bond donors (Lipinski definition) is 1. The van der Waals surface area contributed by atoms with Crippen LogP contribution < -0.4 is 0 Å². The lowest BCUT2D eigenvalue weighted by atomic mass is 10.8. The molecule has 0 radical (unpaired) electrons. The first kappa shape index (κ1) is 17.0. The van der Waals surface area contributed by atoms with Crippen molar-refractivity contribution in [2.75, 3.05) is 0 Å². The highest BCUT2D eigenvalue weighted by Gasteiger charge is 1.53. The van der Waals surface area contributed by atoms with E-state index >= 15 is 0 Å². The zero-order valence-electron chi connectivity index (χ0n) is 8.41. The molecular formula is C9H19N3. The Balaban J connectivity index is -0.000000137. The molecule has 0 saturated carbocycles. The van der Waals surface area contributed by atoms with Gasteiger partial charge in [0.25, 0.3) is 0 Å². The maximum Gasteiger partial charge on any atom is 0.116 e. The lowest BCUT2D eigenvalue weighted by molar-refractivity contribution is 1.50. The second-order valence-corrected chi connectivity index (χ2v) is 1.21. The number of aliphatic imine (C=N–C) groups is 2. The van der Waals surface area contributed by atoms with Gasteiger partial charge in [-0.25, -0.2) is 9.98 Å². The van der Waals surface area contributed by atoms with Gasteiger partial charge in [0.05, 0.1) is 0 Å². The Labute approximate surface area is 75.5 Å². The molecule has 0 saturated heterocycles. The standard InChI is InChI=1S/C4H7N3.C3H6.C2H6/c1-2-6-4-7-3-5;1-3-2;1-2/h2-5H,1H3;3H,1H2,2H3;1-2H3. The van der Waals surface area contributed by atoms with Crippen molar-refractivity contribution in [1.29, 1.82) is 5.41 Å². The average molecular weight is 169 g/mol. The Morgan fingerprint density at radius 3 is 1.83 bits per heavy atom. The lowest BCUT2D eigenvalue weighted by Gasteiger charge is -1.66. The molecule has 0 rings (SSSR count). The highest BCUT2D eigenvalue weighted by atomic mass is 14.8. The van der Waals surface area contributed by atoms with Gasteiger partial charge in [-0.15, -0.1) is 6.58 Å². The number of allylic oxidation sites excluding steroid dienone is 1. The predicted molar refractivity (Wildman–Crippen MR) is 58.7 cm³/mol. The SMILES string of the molecule is C=CC.CC.CC=NC=NC=N. The highest BCUT2D eigenvalue weighted by Crippen LogP contribution is 1.55. The fourth-order valence-electron chi connectivity index (χ4n) is 0.138. The van der Waals surface area contributed by atoms with Gasteiger partial charge in [0.15, 0.2) is 0 Å². The summed E-state index contributed by atoms with van der Waals surface area (Å²) in [6, 6.07) is 0. The van der Waals surface area contributed by atoms with Gasteiger partial charge in [-0.05, 0) is 13.8 Å². The van der Waals surface area contributed by atoms with E-state index in [-0.39, 0.29) is 0 Å². The van der Waals surface area contributed by atoms with Crippen molar-refractivity contribution in [3.8, 4) is 0 Å². The van der Waals surface area contributed by atoms with Crippen LogP contribution in [0.15, 0.2) is 22.6 Å². The number of hydrogen-bond acceptors (Lipinski definition) is 1. The molecule has 12 heavy (non-hydrogen) atoms. The van der Waals surface area contributed by atoms with Crippen LogP contribution in [0.4, 0.5) is 0 Å². The van der Waals surface area contributed by atoms with E-state index in [9.17, 15) is 0 Å². The van der Waals surface area contributed by atoms with Crippen molar-refractivity contribution in [1.82, 2.24) is 0 Å². The van der Waals surface area contributed by atoms with Crippen LogP contribution in [0, 0.1) is 5.41 Å². The summed E-state index contributed by atoms with van der Waals surface area (Å²) in [6.45, 7) is 11.0. The normalized spacial score (nSPS) is 8.00. The Bertz CT molecular complexity index is 126. The molecule has 3 heteroatoms. The second-order valence-electron chi connectivity index (χ2n) is 1.21. The Morgan fingerprint density at radius 1 is 1.17 bits per heavy atom.